The minimum absolute atomic E-state index is 0.0266. The molecule has 49 heavy (non-hydrogen) atoms. The number of aliphatic hydroxyl groups excluding tert-OH is 1. The number of amides is 1. The quantitative estimate of drug-likeness (QED) is 0.0757. The second-order valence-corrected chi connectivity index (χ2v) is 16.4. The van der Waals surface area contributed by atoms with Gasteiger partial charge < -0.3 is 20.3 Å². The van der Waals surface area contributed by atoms with E-state index in [1.54, 1.807) is 0 Å². The highest BCUT2D eigenvalue weighted by Crippen LogP contribution is 2.68. The van der Waals surface area contributed by atoms with E-state index >= 15 is 0 Å². The van der Waals surface area contributed by atoms with Crippen LogP contribution in [0, 0.1) is 46.3 Å². The maximum atomic E-state index is 12.8. The molecule has 0 spiro atoms. The lowest BCUT2D eigenvalue weighted by molar-refractivity contribution is -0.181. The third-order valence-electron chi connectivity index (χ3n) is 13.6. The van der Waals surface area contributed by atoms with Gasteiger partial charge in [-0.05, 0) is 143 Å². The molecule has 0 aromatic carbocycles. The number of carboxylic acid groups (broad SMARTS) is 1. The lowest BCUT2D eigenvalue weighted by Gasteiger charge is -2.62. The van der Waals surface area contributed by atoms with Gasteiger partial charge in [0, 0.05) is 12.8 Å². The van der Waals surface area contributed by atoms with Gasteiger partial charge in [-0.3, -0.25) is 14.4 Å². The Morgan fingerprint density at radius 1 is 0.878 bits per heavy atom. The van der Waals surface area contributed by atoms with Crippen LogP contribution in [-0.2, 0) is 19.1 Å². The molecule has 4 fully saturated rings. The number of rotatable bonds is 18. The van der Waals surface area contributed by atoms with Crippen molar-refractivity contribution in [2.24, 2.45) is 46.3 Å². The first-order chi connectivity index (χ1) is 23.5. The monoisotopic (exact) mass is 681 g/mol. The van der Waals surface area contributed by atoms with E-state index in [4.69, 9.17) is 9.84 Å². The molecule has 3 N–H and O–H groups in total. The first-order valence-electron chi connectivity index (χ1n) is 19.8. The van der Waals surface area contributed by atoms with Gasteiger partial charge in [-0.2, -0.15) is 0 Å². The molecule has 0 radical (unpaired) electrons. The topological polar surface area (TPSA) is 113 Å². The van der Waals surface area contributed by atoms with Crippen molar-refractivity contribution in [1.29, 1.82) is 0 Å². The summed E-state index contributed by atoms with van der Waals surface area (Å²) in [7, 11) is 0. The number of ether oxygens (including phenoxy) is 1. The molecule has 0 saturated heterocycles. The smallest absolute Gasteiger partial charge is 0.322 e. The molecule has 0 aliphatic heterocycles. The van der Waals surface area contributed by atoms with Crippen LogP contribution >= 0.6 is 0 Å². The predicted octanol–water partition coefficient (Wildman–Crippen LogP) is 8.95. The molecule has 4 rings (SSSR count). The molecule has 0 aromatic rings. The number of esters is 1. The summed E-state index contributed by atoms with van der Waals surface area (Å²) in [6.45, 7) is 8.83. The lowest BCUT2D eigenvalue weighted by atomic mass is 9.43. The molecule has 4 aliphatic carbocycles. The largest absolute Gasteiger partial charge is 0.480 e. The highest BCUT2D eigenvalue weighted by atomic mass is 16.5. The van der Waals surface area contributed by atoms with Crippen molar-refractivity contribution in [3.63, 3.8) is 0 Å². The lowest BCUT2D eigenvalue weighted by Crippen LogP contribution is -2.59. The summed E-state index contributed by atoms with van der Waals surface area (Å²) in [5.41, 5.74) is 0.0305. The molecule has 7 nitrogen and oxygen atoms in total. The van der Waals surface area contributed by atoms with Crippen molar-refractivity contribution in [3.8, 4) is 0 Å². The first kappa shape index (κ1) is 39.4. The average Bonchev–Trinajstić information content (AvgIpc) is 3.44. The predicted molar refractivity (Wildman–Crippen MR) is 196 cm³/mol. The fourth-order valence-corrected chi connectivity index (χ4v) is 10.9. The van der Waals surface area contributed by atoms with E-state index in [0.717, 1.165) is 83.5 Å². The zero-order valence-corrected chi connectivity index (χ0v) is 31.0. The molecule has 7 heteroatoms. The number of unbranched alkanes of at least 4 members (excludes halogenated alkanes) is 3. The van der Waals surface area contributed by atoms with E-state index in [2.05, 4.69) is 69.5 Å². The van der Waals surface area contributed by atoms with Crippen molar-refractivity contribution < 1.29 is 29.3 Å². The van der Waals surface area contributed by atoms with Gasteiger partial charge in [0.1, 0.15) is 12.6 Å². The number of fused-ring (bicyclic) bond motifs is 5. The van der Waals surface area contributed by atoms with Gasteiger partial charge in [0.15, 0.2) is 0 Å². The normalized spacial score (nSPS) is 34.8. The van der Waals surface area contributed by atoms with Crippen molar-refractivity contribution in [2.45, 2.75) is 155 Å². The molecule has 0 bridgehead atoms. The fraction of sp³-hybridized carbons (Fsp3) is 0.786. The minimum Gasteiger partial charge on any atom is -0.480 e. The van der Waals surface area contributed by atoms with Crippen molar-refractivity contribution >= 4 is 17.8 Å². The maximum absolute atomic E-state index is 12.8. The van der Waals surface area contributed by atoms with E-state index in [0.29, 0.717) is 54.8 Å². The van der Waals surface area contributed by atoms with Gasteiger partial charge in [-0.25, -0.2) is 0 Å². The van der Waals surface area contributed by atoms with Gasteiger partial charge in [0.25, 0.3) is 0 Å². The summed E-state index contributed by atoms with van der Waals surface area (Å²) in [4.78, 5) is 35.8. The number of carboxylic acids is 1. The van der Waals surface area contributed by atoms with Crippen LogP contribution < -0.4 is 5.32 Å². The molecule has 4 saturated carbocycles. The first-order valence-corrected chi connectivity index (χ1v) is 19.8. The van der Waals surface area contributed by atoms with Crippen LogP contribution in [0.4, 0.5) is 0 Å². The van der Waals surface area contributed by atoms with E-state index in [-0.39, 0.29) is 41.5 Å². The van der Waals surface area contributed by atoms with Gasteiger partial charge in [0.05, 0.1) is 6.10 Å². The number of aliphatic carboxylic acids is 1. The molecular weight excluding hydrogens is 614 g/mol. The van der Waals surface area contributed by atoms with Crippen LogP contribution in [0.15, 0.2) is 36.5 Å². The Bertz CT molecular complexity index is 1180. The Balaban J connectivity index is 1.19. The molecule has 10 atom stereocenters. The zero-order valence-electron chi connectivity index (χ0n) is 31.0. The van der Waals surface area contributed by atoms with E-state index < -0.39 is 5.97 Å². The van der Waals surface area contributed by atoms with Crippen molar-refractivity contribution in [3.05, 3.63) is 36.5 Å². The SMILES string of the molecule is CC/C=C\C/C=C\C/C=C\CCCCCC(=O)OC1CCC2(C)C(CCC3C2CC(O)C2(C)C(C(C)CCC(=O)NCC(=O)O)CCC32)C1. The molecule has 0 aromatic heterocycles. The average molecular weight is 682 g/mol. The van der Waals surface area contributed by atoms with Crippen LogP contribution in [0.1, 0.15) is 143 Å². The second-order valence-electron chi connectivity index (χ2n) is 16.4. The molecular formula is C42H67NO6. The summed E-state index contributed by atoms with van der Waals surface area (Å²) >= 11 is 0. The number of hydrogen-bond donors (Lipinski definition) is 3. The van der Waals surface area contributed by atoms with E-state index in [9.17, 15) is 19.5 Å². The summed E-state index contributed by atoms with van der Waals surface area (Å²) < 4.78 is 6.07. The standard InChI is InChI=1S/C42H67NO6/c1-5-6-7-8-9-10-11-12-13-14-15-16-17-18-40(48)49-32-25-26-41(3)31(27-32)20-21-33-35-23-22-34(42(35,4)37(44)28-36(33)41)30(2)19-24-38(45)43-29-39(46)47/h6-7,9-10,12-13,30-37,44H,5,8,11,14-29H2,1-4H3,(H,43,45)(H,46,47)/b7-6-,10-9-,13-12-. The Morgan fingerprint density at radius 3 is 2.35 bits per heavy atom. The fourth-order valence-electron chi connectivity index (χ4n) is 10.9. The molecule has 10 unspecified atom stereocenters. The second kappa shape index (κ2) is 18.7. The molecule has 4 aliphatic rings. The number of allylic oxidation sites excluding steroid dienone is 6. The number of aliphatic hydroxyl groups is 1. The Morgan fingerprint density at radius 2 is 1.61 bits per heavy atom. The summed E-state index contributed by atoms with van der Waals surface area (Å²) in [5.74, 6) is 1.53. The molecule has 1 amide bonds. The Hall–Kier alpha value is -2.41. The number of hydrogen-bond acceptors (Lipinski definition) is 5. The third kappa shape index (κ3) is 10.1. The third-order valence-corrected chi connectivity index (χ3v) is 13.6. The van der Waals surface area contributed by atoms with Gasteiger partial charge >= 0.3 is 11.9 Å². The maximum Gasteiger partial charge on any atom is 0.322 e. The summed E-state index contributed by atoms with van der Waals surface area (Å²) in [5, 5.41) is 23.2. The zero-order chi connectivity index (χ0) is 35.4. The van der Waals surface area contributed by atoms with Gasteiger partial charge in [-0.1, -0.05) is 70.6 Å². The van der Waals surface area contributed by atoms with E-state index in [1.807, 2.05) is 0 Å². The van der Waals surface area contributed by atoms with Crippen molar-refractivity contribution in [2.75, 3.05) is 6.54 Å². The van der Waals surface area contributed by atoms with Crippen LogP contribution in [0.25, 0.3) is 0 Å². The van der Waals surface area contributed by atoms with Crippen molar-refractivity contribution in [1.82, 2.24) is 5.32 Å². The van der Waals surface area contributed by atoms with Crippen LogP contribution in [0.2, 0.25) is 0 Å². The van der Waals surface area contributed by atoms with Crippen LogP contribution in [-0.4, -0.2) is 46.8 Å². The van der Waals surface area contributed by atoms with Gasteiger partial charge in [0.2, 0.25) is 5.91 Å². The van der Waals surface area contributed by atoms with Crippen LogP contribution in [0.5, 0.6) is 0 Å². The highest BCUT2D eigenvalue weighted by molar-refractivity contribution is 5.81. The highest BCUT2D eigenvalue weighted by Gasteiger charge is 2.63. The Labute approximate surface area is 296 Å². The van der Waals surface area contributed by atoms with Gasteiger partial charge in [-0.15, -0.1) is 0 Å². The number of nitrogens with one attached hydrogen (secondary N) is 1. The summed E-state index contributed by atoms with van der Waals surface area (Å²) in [6, 6.07) is 0. The summed E-state index contributed by atoms with van der Waals surface area (Å²) in [6.07, 6.45) is 30.1. The van der Waals surface area contributed by atoms with E-state index in [1.165, 1.54) is 12.8 Å². The number of carbonyl (C=O) groups is 3. The number of carbonyl (C=O) groups excluding carboxylic acids is 2. The molecule has 276 valence electrons. The molecule has 0 heterocycles. The minimum atomic E-state index is -1.03. The Kier molecular flexibility index (Phi) is 15.0. The van der Waals surface area contributed by atoms with Crippen LogP contribution in [0.3, 0.4) is 0 Å².